The maximum Gasteiger partial charge on any atom is 0.352 e. The fourth-order valence-corrected chi connectivity index (χ4v) is 4.19. The van der Waals surface area contributed by atoms with Gasteiger partial charge in [0.05, 0.1) is 19.9 Å². The predicted octanol–water partition coefficient (Wildman–Crippen LogP) is 4.16. The van der Waals surface area contributed by atoms with Gasteiger partial charge in [0.15, 0.2) is 11.5 Å². The summed E-state index contributed by atoms with van der Waals surface area (Å²) < 4.78 is 12.8. The van der Waals surface area contributed by atoms with Gasteiger partial charge in [-0.15, -0.1) is 11.3 Å². The number of hydrogen-bond acceptors (Lipinski definition) is 4. The number of carbonyl (C=O) groups is 1. The van der Waals surface area contributed by atoms with E-state index in [4.69, 9.17) is 9.47 Å². The number of methoxy groups -OCH3 is 2. The van der Waals surface area contributed by atoms with E-state index in [2.05, 4.69) is 0 Å². The van der Waals surface area contributed by atoms with E-state index in [1.54, 1.807) is 31.6 Å². The van der Waals surface area contributed by atoms with Crippen LogP contribution in [0.25, 0.3) is 21.7 Å². The summed E-state index contributed by atoms with van der Waals surface area (Å²) in [5, 5.41) is 11.6. The summed E-state index contributed by atoms with van der Waals surface area (Å²) in [6.07, 6.45) is 0.752. The van der Waals surface area contributed by atoms with E-state index in [9.17, 15) is 9.90 Å². The van der Waals surface area contributed by atoms with Gasteiger partial charge in [-0.25, -0.2) is 4.79 Å². The number of ether oxygens (including phenoxy) is 2. The largest absolute Gasteiger partial charge is 0.493 e. The third kappa shape index (κ3) is 2.41. The molecule has 128 valence electrons. The third-order valence-electron chi connectivity index (χ3n) is 4.57. The van der Waals surface area contributed by atoms with Crippen LogP contribution in [-0.4, -0.2) is 29.9 Å². The Bertz CT molecular complexity index is 956. The topological polar surface area (TPSA) is 60.7 Å². The number of aryl methyl sites for hydroxylation is 1. The van der Waals surface area contributed by atoms with Gasteiger partial charge in [-0.1, -0.05) is 6.07 Å². The van der Waals surface area contributed by atoms with E-state index in [0.717, 1.165) is 33.7 Å². The molecule has 6 heteroatoms. The normalized spacial score (nSPS) is 12.4. The van der Waals surface area contributed by atoms with Gasteiger partial charge in [-0.05, 0) is 41.6 Å². The molecule has 1 N–H and O–H groups in total. The first kappa shape index (κ1) is 15.8. The number of fused-ring (bicyclic) bond motifs is 3. The first-order valence-electron chi connectivity index (χ1n) is 7.90. The van der Waals surface area contributed by atoms with Gasteiger partial charge in [0.2, 0.25) is 0 Å². The molecule has 3 aromatic rings. The van der Waals surface area contributed by atoms with E-state index in [0.29, 0.717) is 23.7 Å². The molecule has 0 unspecified atom stereocenters. The van der Waals surface area contributed by atoms with Crippen molar-refractivity contribution >= 4 is 17.3 Å². The highest BCUT2D eigenvalue weighted by Crippen LogP contribution is 2.44. The van der Waals surface area contributed by atoms with Crippen LogP contribution in [0.4, 0.5) is 0 Å². The molecule has 4 rings (SSSR count). The average molecular weight is 355 g/mol. The third-order valence-corrected chi connectivity index (χ3v) is 5.48. The second-order valence-corrected chi connectivity index (χ2v) is 6.79. The maximum atomic E-state index is 11.7. The molecule has 2 aromatic heterocycles. The molecule has 0 saturated carbocycles. The molecule has 1 aliphatic rings. The van der Waals surface area contributed by atoms with Crippen LogP contribution < -0.4 is 9.47 Å². The first-order chi connectivity index (χ1) is 12.1. The second kappa shape index (κ2) is 5.97. The lowest BCUT2D eigenvalue weighted by atomic mass is 9.95. The number of aromatic carboxylic acids is 1. The Balaban J connectivity index is 2.02. The van der Waals surface area contributed by atoms with Crippen molar-refractivity contribution in [3.8, 4) is 33.2 Å². The zero-order valence-electron chi connectivity index (χ0n) is 13.9. The number of thiophene rings is 1. The van der Waals surface area contributed by atoms with Gasteiger partial charge in [-0.2, -0.15) is 0 Å². The standard InChI is InChI=1S/C19H17NO4S/c1-23-15-8-11-5-6-20-14(19(21)22)9-13(17-4-3-7-25-17)18(20)12(11)10-16(15)24-2/h3-4,7-10H,5-6H2,1-2H3,(H,21,22). The lowest BCUT2D eigenvalue weighted by Gasteiger charge is -2.23. The number of carboxylic acid groups (broad SMARTS) is 1. The summed E-state index contributed by atoms with van der Waals surface area (Å²) in [4.78, 5) is 12.8. The molecule has 1 aromatic carbocycles. The Morgan fingerprint density at radius 3 is 2.56 bits per heavy atom. The summed E-state index contributed by atoms with van der Waals surface area (Å²) in [6, 6.07) is 9.70. The summed E-state index contributed by atoms with van der Waals surface area (Å²) in [7, 11) is 3.23. The highest BCUT2D eigenvalue weighted by atomic mass is 32.1. The highest BCUT2D eigenvalue weighted by molar-refractivity contribution is 7.13. The van der Waals surface area contributed by atoms with E-state index in [1.807, 2.05) is 34.2 Å². The van der Waals surface area contributed by atoms with E-state index >= 15 is 0 Å². The Hall–Kier alpha value is -2.73. The fourth-order valence-electron chi connectivity index (χ4n) is 3.45. The molecule has 5 nitrogen and oxygen atoms in total. The van der Waals surface area contributed by atoms with Crippen LogP contribution in [-0.2, 0) is 13.0 Å². The van der Waals surface area contributed by atoms with Crippen LogP contribution in [0.1, 0.15) is 16.1 Å². The number of benzene rings is 1. The van der Waals surface area contributed by atoms with Gasteiger partial charge in [0, 0.05) is 22.5 Å². The van der Waals surface area contributed by atoms with E-state index in [-0.39, 0.29) is 0 Å². The van der Waals surface area contributed by atoms with Crippen LogP contribution in [0.15, 0.2) is 35.7 Å². The first-order valence-corrected chi connectivity index (χ1v) is 8.78. The fraction of sp³-hybridized carbons (Fsp3) is 0.211. The zero-order valence-corrected chi connectivity index (χ0v) is 14.7. The molecule has 25 heavy (non-hydrogen) atoms. The van der Waals surface area contributed by atoms with Crippen molar-refractivity contribution in [2.45, 2.75) is 13.0 Å². The minimum Gasteiger partial charge on any atom is -0.493 e. The smallest absolute Gasteiger partial charge is 0.352 e. The molecule has 0 aliphatic carbocycles. The molecule has 0 saturated heterocycles. The van der Waals surface area contributed by atoms with E-state index < -0.39 is 5.97 Å². The zero-order chi connectivity index (χ0) is 17.6. The number of carboxylic acids is 1. The summed E-state index contributed by atoms with van der Waals surface area (Å²) >= 11 is 1.60. The van der Waals surface area contributed by atoms with Crippen LogP contribution in [0.3, 0.4) is 0 Å². The molecule has 0 spiro atoms. The summed E-state index contributed by atoms with van der Waals surface area (Å²) in [6.45, 7) is 0.630. The average Bonchev–Trinajstić information content (AvgIpc) is 3.27. The molecule has 0 fully saturated rings. The lowest BCUT2D eigenvalue weighted by molar-refractivity contribution is 0.0685. The molecule has 0 atom stereocenters. The van der Waals surface area contributed by atoms with E-state index in [1.165, 1.54) is 0 Å². The van der Waals surface area contributed by atoms with Crippen molar-refractivity contribution in [3.63, 3.8) is 0 Å². The van der Waals surface area contributed by atoms with Gasteiger partial charge in [0.25, 0.3) is 0 Å². The van der Waals surface area contributed by atoms with Crippen LogP contribution in [0.2, 0.25) is 0 Å². The van der Waals surface area contributed by atoms with Crippen molar-refractivity contribution in [2.75, 3.05) is 14.2 Å². The minimum absolute atomic E-state index is 0.318. The molecule has 3 heterocycles. The number of rotatable bonds is 4. The quantitative estimate of drug-likeness (QED) is 0.763. The van der Waals surface area contributed by atoms with Crippen LogP contribution in [0.5, 0.6) is 11.5 Å². The van der Waals surface area contributed by atoms with Gasteiger partial charge >= 0.3 is 5.97 Å². The number of aromatic nitrogens is 1. The van der Waals surface area contributed by atoms with Gasteiger partial charge < -0.3 is 19.1 Å². The van der Waals surface area contributed by atoms with Crippen molar-refractivity contribution in [3.05, 3.63) is 47.0 Å². The number of nitrogens with zero attached hydrogens (tertiary/aromatic N) is 1. The second-order valence-electron chi connectivity index (χ2n) is 5.84. The van der Waals surface area contributed by atoms with Crippen LogP contribution in [0, 0.1) is 0 Å². The van der Waals surface area contributed by atoms with Crippen molar-refractivity contribution < 1.29 is 19.4 Å². The minimum atomic E-state index is -0.909. The molecular formula is C19H17NO4S. The monoisotopic (exact) mass is 355 g/mol. The Morgan fingerprint density at radius 2 is 1.92 bits per heavy atom. The van der Waals surface area contributed by atoms with Crippen molar-refractivity contribution in [2.24, 2.45) is 0 Å². The SMILES string of the molecule is COc1cc2c(cc1OC)-c1c(-c3cccs3)cc(C(=O)O)n1CC2. The molecule has 0 radical (unpaired) electrons. The van der Waals surface area contributed by atoms with Gasteiger partial charge in [-0.3, -0.25) is 0 Å². The summed E-state index contributed by atoms with van der Waals surface area (Å²) in [5.74, 6) is 0.426. The highest BCUT2D eigenvalue weighted by Gasteiger charge is 2.28. The Labute approximate surface area is 149 Å². The van der Waals surface area contributed by atoms with Gasteiger partial charge in [0.1, 0.15) is 5.69 Å². The van der Waals surface area contributed by atoms with Crippen molar-refractivity contribution in [1.29, 1.82) is 0 Å². The summed E-state index contributed by atoms with van der Waals surface area (Å²) in [5.41, 5.74) is 4.33. The molecule has 0 bridgehead atoms. The lowest BCUT2D eigenvalue weighted by Crippen LogP contribution is -2.16. The van der Waals surface area contributed by atoms with Crippen molar-refractivity contribution in [1.82, 2.24) is 4.57 Å². The maximum absolute atomic E-state index is 11.7. The molecule has 0 amide bonds. The van der Waals surface area contributed by atoms with Crippen LogP contribution >= 0.6 is 11.3 Å². The predicted molar refractivity (Wildman–Crippen MR) is 96.9 cm³/mol. The Kier molecular flexibility index (Phi) is 3.77. The Morgan fingerprint density at radius 1 is 1.16 bits per heavy atom. The number of hydrogen-bond donors (Lipinski definition) is 1. The molecular weight excluding hydrogens is 338 g/mol. The molecule has 1 aliphatic heterocycles.